The van der Waals surface area contributed by atoms with Crippen LogP contribution in [0.5, 0.6) is 0 Å². The third-order valence-electron chi connectivity index (χ3n) is 3.97. The van der Waals surface area contributed by atoms with Crippen molar-refractivity contribution in [3.8, 4) is 0 Å². The second-order valence-corrected chi connectivity index (χ2v) is 6.65. The summed E-state index contributed by atoms with van der Waals surface area (Å²) in [5, 5.41) is 10.6. The van der Waals surface area contributed by atoms with E-state index >= 15 is 0 Å². The number of rotatable bonds is 4. The molecule has 0 aromatic heterocycles. The Labute approximate surface area is 127 Å². The zero-order valence-electron chi connectivity index (χ0n) is 10.8. The highest BCUT2D eigenvalue weighted by molar-refractivity contribution is 9.10. The normalized spacial score (nSPS) is 18.5. The molecule has 0 bridgehead atoms. The Kier molecular flexibility index (Phi) is 5.67. The summed E-state index contributed by atoms with van der Waals surface area (Å²) in [7, 11) is 0. The van der Waals surface area contributed by atoms with Crippen LogP contribution < -0.4 is 0 Å². The average molecular weight is 350 g/mol. The van der Waals surface area contributed by atoms with E-state index in [4.69, 9.17) is 11.6 Å². The summed E-state index contributed by atoms with van der Waals surface area (Å²) < 4.78 is 14.3. The number of benzene rings is 1. The maximum Gasteiger partial charge on any atom is 0.130 e. The molecule has 0 radical (unpaired) electrons. The van der Waals surface area contributed by atoms with Crippen LogP contribution in [0.4, 0.5) is 4.39 Å². The quantitative estimate of drug-likeness (QED) is 0.698. The molecule has 1 aromatic carbocycles. The lowest BCUT2D eigenvalue weighted by molar-refractivity contribution is 0.147. The molecule has 1 unspecified atom stereocenters. The van der Waals surface area contributed by atoms with Gasteiger partial charge in [-0.3, -0.25) is 0 Å². The Morgan fingerprint density at radius 3 is 2.68 bits per heavy atom. The van der Waals surface area contributed by atoms with Gasteiger partial charge >= 0.3 is 0 Å². The van der Waals surface area contributed by atoms with E-state index < -0.39 is 11.9 Å². The molecule has 1 N–H and O–H groups in total. The number of aliphatic hydroxyl groups excluding tert-OH is 1. The van der Waals surface area contributed by atoms with Gasteiger partial charge in [0, 0.05) is 10.0 Å². The van der Waals surface area contributed by atoms with E-state index in [1.807, 2.05) is 0 Å². The van der Waals surface area contributed by atoms with Crippen LogP contribution in [-0.2, 0) is 0 Å². The molecule has 1 saturated carbocycles. The molecule has 0 saturated heterocycles. The van der Waals surface area contributed by atoms with E-state index in [0.717, 1.165) is 6.42 Å². The van der Waals surface area contributed by atoms with Crippen LogP contribution >= 0.6 is 27.5 Å². The summed E-state index contributed by atoms with van der Waals surface area (Å²) in [6.07, 6.45) is 7.22. The van der Waals surface area contributed by atoms with E-state index in [1.54, 1.807) is 0 Å². The number of aliphatic hydroxyl groups is 1. The van der Waals surface area contributed by atoms with Crippen LogP contribution in [0.15, 0.2) is 16.6 Å². The zero-order valence-corrected chi connectivity index (χ0v) is 13.2. The molecular formula is C15H19BrClFO. The van der Waals surface area contributed by atoms with Gasteiger partial charge in [-0.15, -0.1) is 0 Å². The molecule has 1 fully saturated rings. The van der Waals surface area contributed by atoms with Gasteiger partial charge in [0.15, 0.2) is 0 Å². The molecule has 19 heavy (non-hydrogen) atoms. The fourth-order valence-corrected chi connectivity index (χ4v) is 3.31. The predicted octanol–water partition coefficient (Wildman–Crippen LogP) is 5.64. The summed E-state index contributed by atoms with van der Waals surface area (Å²) in [6.45, 7) is 0. The maximum absolute atomic E-state index is 13.8. The highest BCUT2D eigenvalue weighted by Gasteiger charge is 2.19. The molecule has 106 valence electrons. The molecule has 2 rings (SSSR count). The first-order valence-corrected chi connectivity index (χ1v) is 8.07. The Balaban J connectivity index is 1.95. The number of hydrogen-bond acceptors (Lipinski definition) is 1. The highest BCUT2D eigenvalue weighted by Crippen LogP contribution is 2.33. The zero-order chi connectivity index (χ0) is 13.8. The first-order chi connectivity index (χ1) is 9.08. The lowest BCUT2D eigenvalue weighted by atomic mass is 9.85. The van der Waals surface area contributed by atoms with Gasteiger partial charge in [0.2, 0.25) is 0 Å². The molecule has 4 heteroatoms. The van der Waals surface area contributed by atoms with Crippen molar-refractivity contribution in [3.63, 3.8) is 0 Å². The van der Waals surface area contributed by atoms with Gasteiger partial charge in [0.05, 0.1) is 11.1 Å². The standard InChI is InChI=1S/C15H19BrClFO/c16-12-9-14(18)11(8-13(12)17)15(19)7-6-10-4-2-1-3-5-10/h8-10,15,19H,1-7H2. The fourth-order valence-electron chi connectivity index (χ4n) is 2.82. The molecule has 1 atom stereocenters. The molecule has 1 aliphatic carbocycles. The van der Waals surface area contributed by atoms with E-state index in [-0.39, 0.29) is 0 Å². The second kappa shape index (κ2) is 7.05. The first-order valence-electron chi connectivity index (χ1n) is 6.90. The van der Waals surface area contributed by atoms with Crippen molar-refractivity contribution in [2.24, 2.45) is 5.92 Å². The minimum atomic E-state index is -0.757. The van der Waals surface area contributed by atoms with Crippen molar-refractivity contribution < 1.29 is 9.50 Å². The third-order valence-corrected chi connectivity index (χ3v) is 5.17. The van der Waals surface area contributed by atoms with E-state index in [1.165, 1.54) is 44.2 Å². The Morgan fingerprint density at radius 2 is 2.00 bits per heavy atom. The Bertz CT molecular complexity index is 432. The van der Waals surface area contributed by atoms with Gasteiger partial charge in [-0.25, -0.2) is 4.39 Å². The van der Waals surface area contributed by atoms with Gasteiger partial charge in [0.25, 0.3) is 0 Å². The topological polar surface area (TPSA) is 20.2 Å². The van der Waals surface area contributed by atoms with Crippen LogP contribution in [-0.4, -0.2) is 5.11 Å². The van der Waals surface area contributed by atoms with Gasteiger partial charge < -0.3 is 5.11 Å². The second-order valence-electron chi connectivity index (χ2n) is 5.39. The van der Waals surface area contributed by atoms with Gasteiger partial charge in [-0.05, 0) is 46.8 Å². The summed E-state index contributed by atoms with van der Waals surface area (Å²) in [6, 6.07) is 2.84. The number of halogens is 3. The minimum absolute atomic E-state index is 0.309. The van der Waals surface area contributed by atoms with E-state index in [2.05, 4.69) is 15.9 Å². The smallest absolute Gasteiger partial charge is 0.130 e. The summed E-state index contributed by atoms with van der Waals surface area (Å²) in [5.74, 6) is 0.296. The lowest BCUT2D eigenvalue weighted by Crippen LogP contribution is -2.09. The van der Waals surface area contributed by atoms with Crippen molar-refractivity contribution in [2.75, 3.05) is 0 Å². The van der Waals surface area contributed by atoms with E-state index in [9.17, 15) is 9.50 Å². The van der Waals surface area contributed by atoms with Crippen LogP contribution in [0, 0.1) is 11.7 Å². The van der Waals surface area contributed by atoms with Gasteiger partial charge in [-0.1, -0.05) is 43.7 Å². The molecule has 0 amide bonds. The van der Waals surface area contributed by atoms with Gasteiger partial charge in [0.1, 0.15) is 5.82 Å². The molecule has 1 aliphatic rings. The predicted molar refractivity (Wildman–Crippen MR) is 79.9 cm³/mol. The maximum atomic E-state index is 13.8. The van der Waals surface area contributed by atoms with Crippen molar-refractivity contribution in [2.45, 2.75) is 51.0 Å². The van der Waals surface area contributed by atoms with Crippen LogP contribution in [0.2, 0.25) is 5.02 Å². The van der Waals surface area contributed by atoms with E-state index in [0.29, 0.717) is 27.4 Å². The monoisotopic (exact) mass is 348 g/mol. The van der Waals surface area contributed by atoms with Crippen molar-refractivity contribution >= 4 is 27.5 Å². The van der Waals surface area contributed by atoms with Gasteiger partial charge in [-0.2, -0.15) is 0 Å². The fraction of sp³-hybridized carbons (Fsp3) is 0.600. The molecule has 0 heterocycles. The summed E-state index contributed by atoms with van der Waals surface area (Å²) in [4.78, 5) is 0. The minimum Gasteiger partial charge on any atom is -0.388 e. The molecule has 0 spiro atoms. The molecular weight excluding hydrogens is 331 g/mol. The first kappa shape index (κ1) is 15.3. The Morgan fingerprint density at radius 1 is 1.32 bits per heavy atom. The van der Waals surface area contributed by atoms with Crippen molar-refractivity contribution in [1.82, 2.24) is 0 Å². The van der Waals surface area contributed by atoms with Crippen molar-refractivity contribution in [1.29, 1.82) is 0 Å². The Hall–Kier alpha value is -0.120. The van der Waals surface area contributed by atoms with Crippen LogP contribution in [0.1, 0.15) is 56.6 Å². The summed E-state index contributed by atoms with van der Waals surface area (Å²) >= 11 is 9.13. The van der Waals surface area contributed by atoms with Crippen LogP contribution in [0.3, 0.4) is 0 Å². The molecule has 1 aromatic rings. The summed E-state index contributed by atoms with van der Waals surface area (Å²) in [5.41, 5.74) is 0.309. The SMILES string of the molecule is OC(CCC1CCCCC1)c1cc(Cl)c(Br)cc1F. The average Bonchev–Trinajstić information content (AvgIpc) is 2.41. The highest BCUT2D eigenvalue weighted by atomic mass is 79.9. The van der Waals surface area contributed by atoms with Crippen molar-refractivity contribution in [3.05, 3.63) is 33.0 Å². The number of hydrogen-bond donors (Lipinski definition) is 1. The molecule has 1 nitrogen and oxygen atoms in total. The lowest BCUT2D eigenvalue weighted by Gasteiger charge is -2.23. The third kappa shape index (κ3) is 4.17. The van der Waals surface area contributed by atoms with Crippen LogP contribution in [0.25, 0.3) is 0 Å². The largest absolute Gasteiger partial charge is 0.388 e. The molecule has 0 aliphatic heterocycles.